The highest BCUT2D eigenvalue weighted by atomic mass is 19.1. The molecular weight excluding hydrogens is 235 g/mol. The molecule has 1 aromatic carbocycles. The van der Waals surface area contributed by atoms with Crippen LogP contribution >= 0.6 is 0 Å². The number of hydrogen-bond acceptors (Lipinski definition) is 3. The van der Waals surface area contributed by atoms with Crippen LogP contribution in [0.2, 0.25) is 0 Å². The number of halogens is 1. The lowest BCUT2D eigenvalue weighted by atomic mass is 9.91. The quantitative estimate of drug-likeness (QED) is 0.577. The lowest BCUT2D eigenvalue weighted by Gasteiger charge is -2.21. The van der Waals surface area contributed by atoms with Crippen molar-refractivity contribution in [2.24, 2.45) is 0 Å². The molecule has 0 fully saturated rings. The lowest BCUT2D eigenvalue weighted by molar-refractivity contribution is -0.162. The fourth-order valence-corrected chi connectivity index (χ4v) is 1.69. The van der Waals surface area contributed by atoms with E-state index in [2.05, 4.69) is 4.74 Å². The minimum Gasteiger partial charge on any atom is -0.463 e. The average Bonchev–Trinajstić information content (AvgIpc) is 2.39. The summed E-state index contributed by atoms with van der Waals surface area (Å²) < 4.78 is 19.3. The molecule has 1 rings (SSSR count). The smallest absolute Gasteiger partial charge is 0.352 e. The zero-order valence-electron chi connectivity index (χ0n) is 10.6. The molecule has 1 atom stereocenters. The van der Waals surface area contributed by atoms with Gasteiger partial charge in [-0.25, -0.2) is 9.18 Å². The van der Waals surface area contributed by atoms with Gasteiger partial charge in [0.15, 0.2) is 5.78 Å². The van der Waals surface area contributed by atoms with Gasteiger partial charge in [-0.3, -0.25) is 4.79 Å². The predicted molar refractivity (Wildman–Crippen MR) is 65.9 cm³/mol. The molecule has 0 saturated carbocycles. The van der Waals surface area contributed by atoms with Crippen molar-refractivity contribution in [2.75, 3.05) is 6.61 Å². The number of carbonyl (C=O) groups is 2. The third-order valence-electron chi connectivity index (χ3n) is 2.65. The van der Waals surface area contributed by atoms with Gasteiger partial charge in [-0.05, 0) is 12.5 Å². The molecule has 0 N–H and O–H groups in total. The first-order valence-corrected chi connectivity index (χ1v) is 5.98. The molecule has 4 heteroatoms. The van der Waals surface area contributed by atoms with Crippen LogP contribution in [-0.4, -0.2) is 24.0 Å². The first-order valence-electron chi connectivity index (χ1n) is 5.98. The summed E-state index contributed by atoms with van der Waals surface area (Å²) in [6.07, 6.45) is -0.318. The maximum atomic E-state index is 14.6. The van der Waals surface area contributed by atoms with E-state index in [1.807, 2.05) is 0 Å². The summed E-state index contributed by atoms with van der Waals surface area (Å²) >= 11 is 0. The standard InChI is InChI=1S/C14H17FO3/c1-3-12(16)14(15,13(17)18-4-2)10-11-8-6-5-7-9-11/h5-9H,3-4,10H2,1-2H3. The summed E-state index contributed by atoms with van der Waals surface area (Å²) in [6.45, 7) is 3.16. The molecule has 0 heterocycles. The van der Waals surface area contributed by atoms with Crippen molar-refractivity contribution < 1.29 is 18.7 Å². The lowest BCUT2D eigenvalue weighted by Crippen LogP contribution is -2.45. The van der Waals surface area contributed by atoms with Gasteiger partial charge in [0, 0.05) is 12.8 Å². The number of alkyl halides is 1. The summed E-state index contributed by atoms with van der Waals surface area (Å²) in [7, 11) is 0. The summed E-state index contributed by atoms with van der Waals surface area (Å²) in [5.41, 5.74) is -1.98. The molecule has 0 aliphatic carbocycles. The molecule has 98 valence electrons. The van der Waals surface area contributed by atoms with Crippen LogP contribution in [-0.2, 0) is 20.7 Å². The number of rotatable bonds is 6. The van der Waals surface area contributed by atoms with Crippen LogP contribution in [0.3, 0.4) is 0 Å². The highest BCUT2D eigenvalue weighted by molar-refractivity contribution is 6.07. The summed E-state index contributed by atoms with van der Waals surface area (Å²) in [5.74, 6) is -1.84. The van der Waals surface area contributed by atoms with E-state index in [1.165, 1.54) is 6.92 Å². The van der Waals surface area contributed by atoms with Crippen LogP contribution < -0.4 is 0 Å². The van der Waals surface area contributed by atoms with Gasteiger partial charge in [0.1, 0.15) is 0 Å². The molecule has 1 aromatic rings. The molecule has 3 nitrogen and oxygen atoms in total. The number of benzene rings is 1. The second-order valence-electron chi connectivity index (χ2n) is 3.96. The van der Waals surface area contributed by atoms with Gasteiger partial charge < -0.3 is 4.74 Å². The Hall–Kier alpha value is -1.71. The van der Waals surface area contributed by atoms with Crippen molar-refractivity contribution in [1.82, 2.24) is 0 Å². The average molecular weight is 252 g/mol. The van der Waals surface area contributed by atoms with Crippen LogP contribution in [0.15, 0.2) is 30.3 Å². The van der Waals surface area contributed by atoms with E-state index in [0.717, 1.165) is 0 Å². The summed E-state index contributed by atoms with van der Waals surface area (Å²) in [4.78, 5) is 23.3. The molecule has 0 aliphatic rings. The fourth-order valence-electron chi connectivity index (χ4n) is 1.69. The Kier molecular flexibility index (Phi) is 5.01. The zero-order valence-corrected chi connectivity index (χ0v) is 10.6. The van der Waals surface area contributed by atoms with E-state index in [4.69, 9.17) is 0 Å². The summed E-state index contributed by atoms with van der Waals surface area (Å²) in [6, 6.07) is 8.61. The number of hydrogen-bond donors (Lipinski definition) is 0. The van der Waals surface area contributed by atoms with Crippen molar-refractivity contribution >= 4 is 11.8 Å². The van der Waals surface area contributed by atoms with Gasteiger partial charge in [-0.2, -0.15) is 0 Å². The maximum Gasteiger partial charge on any atom is 0.352 e. The Bertz CT molecular complexity index is 416. The minimum atomic E-state index is -2.58. The Morgan fingerprint density at radius 1 is 1.22 bits per heavy atom. The van der Waals surface area contributed by atoms with E-state index in [0.29, 0.717) is 5.56 Å². The van der Waals surface area contributed by atoms with E-state index in [-0.39, 0.29) is 19.4 Å². The van der Waals surface area contributed by atoms with E-state index >= 15 is 0 Å². The first-order chi connectivity index (χ1) is 8.54. The van der Waals surface area contributed by atoms with Crippen LogP contribution in [0.25, 0.3) is 0 Å². The Morgan fingerprint density at radius 2 is 1.83 bits per heavy atom. The van der Waals surface area contributed by atoms with E-state index in [9.17, 15) is 14.0 Å². The third kappa shape index (κ3) is 3.15. The zero-order chi connectivity index (χ0) is 13.6. The number of ketones is 1. The second kappa shape index (κ2) is 6.28. The van der Waals surface area contributed by atoms with Crippen molar-refractivity contribution in [1.29, 1.82) is 0 Å². The van der Waals surface area contributed by atoms with Crippen molar-refractivity contribution in [3.05, 3.63) is 35.9 Å². The maximum absolute atomic E-state index is 14.6. The largest absolute Gasteiger partial charge is 0.463 e. The van der Waals surface area contributed by atoms with Crippen molar-refractivity contribution in [2.45, 2.75) is 32.4 Å². The van der Waals surface area contributed by atoms with Crippen molar-refractivity contribution in [3.8, 4) is 0 Å². The normalized spacial score (nSPS) is 13.7. The number of ether oxygens (including phenoxy) is 1. The monoisotopic (exact) mass is 252 g/mol. The highest BCUT2D eigenvalue weighted by Gasteiger charge is 2.46. The summed E-state index contributed by atoms with van der Waals surface area (Å²) in [5, 5.41) is 0. The SMILES string of the molecule is CCOC(=O)C(F)(Cc1ccccc1)C(=O)CC. The number of carbonyl (C=O) groups excluding carboxylic acids is 2. The Balaban J connectivity index is 2.98. The molecule has 0 amide bonds. The van der Waals surface area contributed by atoms with Crippen LogP contribution in [0, 0.1) is 0 Å². The number of esters is 1. The molecule has 18 heavy (non-hydrogen) atoms. The third-order valence-corrected chi connectivity index (χ3v) is 2.65. The van der Waals surface area contributed by atoms with Gasteiger partial charge in [0.05, 0.1) is 6.61 Å². The molecule has 0 aliphatic heterocycles. The molecular formula is C14H17FO3. The van der Waals surface area contributed by atoms with E-state index < -0.39 is 17.4 Å². The molecule has 0 radical (unpaired) electrons. The molecule has 0 bridgehead atoms. The van der Waals surface area contributed by atoms with Crippen LogP contribution in [0.4, 0.5) is 4.39 Å². The highest BCUT2D eigenvalue weighted by Crippen LogP contribution is 2.23. The Morgan fingerprint density at radius 3 is 2.33 bits per heavy atom. The van der Waals surface area contributed by atoms with Gasteiger partial charge >= 0.3 is 5.97 Å². The Labute approximate surface area is 106 Å². The fraction of sp³-hybridized carbons (Fsp3) is 0.429. The van der Waals surface area contributed by atoms with Crippen LogP contribution in [0.1, 0.15) is 25.8 Å². The molecule has 0 saturated heterocycles. The minimum absolute atomic E-state index is 0.0395. The van der Waals surface area contributed by atoms with Crippen LogP contribution in [0.5, 0.6) is 0 Å². The van der Waals surface area contributed by atoms with Gasteiger partial charge in [0.25, 0.3) is 5.67 Å². The van der Waals surface area contributed by atoms with Gasteiger partial charge in [-0.1, -0.05) is 37.3 Å². The molecule has 1 unspecified atom stereocenters. The number of Topliss-reactive ketones (excluding diaryl/α,β-unsaturated/α-hetero) is 1. The van der Waals surface area contributed by atoms with E-state index in [1.54, 1.807) is 37.3 Å². The van der Waals surface area contributed by atoms with Gasteiger partial charge in [-0.15, -0.1) is 0 Å². The molecule has 0 aromatic heterocycles. The topological polar surface area (TPSA) is 43.4 Å². The van der Waals surface area contributed by atoms with Crippen molar-refractivity contribution in [3.63, 3.8) is 0 Å². The second-order valence-corrected chi connectivity index (χ2v) is 3.96. The first kappa shape index (κ1) is 14.4. The molecule has 0 spiro atoms. The van der Waals surface area contributed by atoms with Gasteiger partial charge in [0.2, 0.25) is 0 Å². The predicted octanol–water partition coefficient (Wildman–Crippen LogP) is 2.48.